The fraction of sp³-hybridized carbons (Fsp3) is 0.0667. The fourth-order valence-corrected chi connectivity index (χ4v) is 3.66. The number of thiazole rings is 1. The molecule has 21 heavy (non-hydrogen) atoms. The van der Waals surface area contributed by atoms with E-state index in [1.165, 1.54) is 34.8 Å². The Balaban J connectivity index is 2.07. The summed E-state index contributed by atoms with van der Waals surface area (Å²) < 4.78 is 13.0. The van der Waals surface area contributed by atoms with Crippen molar-refractivity contribution in [2.75, 3.05) is 0 Å². The number of carboxylic acid groups (broad SMARTS) is 1. The maximum absolute atomic E-state index is 13.0. The molecule has 6 heteroatoms. The van der Waals surface area contributed by atoms with E-state index in [2.05, 4.69) is 4.98 Å². The molecule has 0 aliphatic carbocycles. The van der Waals surface area contributed by atoms with Gasteiger partial charge in [0.05, 0.1) is 5.69 Å². The average molecular weight is 318 g/mol. The molecule has 3 aromatic rings. The Bertz CT molecular complexity index is 764. The molecule has 106 valence electrons. The molecule has 0 aliphatic rings. The van der Waals surface area contributed by atoms with Gasteiger partial charge in [-0.1, -0.05) is 0 Å². The van der Waals surface area contributed by atoms with Gasteiger partial charge >= 0.3 is 0 Å². The third-order valence-corrected chi connectivity index (χ3v) is 4.68. The van der Waals surface area contributed by atoms with Crippen LogP contribution in [0.2, 0.25) is 0 Å². The van der Waals surface area contributed by atoms with Gasteiger partial charge in [-0.15, -0.1) is 11.3 Å². The topological polar surface area (TPSA) is 53.0 Å². The quantitative estimate of drug-likeness (QED) is 0.743. The van der Waals surface area contributed by atoms with Crippen LogP contribution in [0.25, 0.3) is 21.8 Å². The zero-order chi connectivity index (χ0) is 14.8. The van der Waals surface area contributed by atoms with E-state index in [1.807, 2.05) is 16.8 Å². The third kappa shape index (κ3) is 3.01. The standard InChI is InChI=1S/C15H10FNO2S2/c16-11-3-1-9(2-4-11)15-17-14(10-5-6-20-8-10)12(21-15)7-13(18)19/h1-6,8H,7H2,(H,18,19)/p-1. The highest BCUT2D eigenvalue weighted by atomic mass is 32.1. The first-order chi connectivity index (χ1) is 10.1. The number of carbonyl (C=O) groups excluding carboxylic acids is 1. The van der Waals surface area contributed by atoms with Gasteiger partial charge in [0, 0.05) is 33.8 Å². The van der Waals surface area contributed by atoms with Crippen molar-refractivity contribution in [3.63, 3.8) is 0 Å². The number of thiophene rings is 1. The van der Waals surface area contributed by atoms with E-state index in [0.717, 1.165) is 11.1 Å². The number of aliphatic carboxylic acids is 1. The highest BCUT2D eigenvalue weighted by Crippen LogP contribution is 2.35. The molecule has 2 aromatic heterocycles. The average Bonchev–Trinajstić information content (AvgIpc) is 3.08. The number of hydrogen-bond acceptors (Lipinski definition) is 5. The van der Waals surface area contributed by atoms with E-state index in [4.69, 9.17) is 0 Å². The number of carbonyl (C=O) groups is 1. The third-order valence-electron chi connectivity index (χ3n) is 2.89. The van der Waals surface area contributed by atoms with Crippen LogP contribution in [0.5, 0.6) is 0 Å². The highest BCUT2D eigenvalue weighted by Gasteiger charge is 2.15. The predicted octanol–water partition coefficient (Wildman–Crippen LogP) is 2.97. The van der Waals surface area contributed by atoms with E-state index in [0.29, 0.717) is 15.6 Å². The maximum Gasteiger partial charge on any atom is 0.124 e. The number of carboxylic acids is 1. The summed E-state index contributed by atoms with van der Waals surface area (Å²) in [4.78, 5) is 16.1. The van der Waals surface area contributed by atoms with E-state index in [9.17, 15) is 14.3 Å². The van der Waals surface area contributed by atoms with Crippen molar-refractivity contribution in [3.8, 4) is 21.8 Å². The molecule has 0 aliphatic heterocycles. The van der Waals surface area contributed by atoms with Gasteiger partial charge in [0.2, 0.25) is 0 Å². The molecule has 0 atom stereocenters. The lowest BCUT2D eigenvalue weighted by Crippen LogP contribution is -2.24. The lowest BCUT2D eigenvalue weighted by Gasteiger charge is -2.00. The van der Waals surface area contributed by atoms with Crippen LogP contribution in [0, 0.1) is 5.82 Å². The summed E-state index contributed by atoms with van der Waals surface area (Å²) >= 11 is 2.82. The second-order valence-corrected chi connectivity index (χ2v) is 6.22. The van der Waals surface area contributed by atoms with Gasteiger partial charge in [-0.3, -0.25) is 0 Å². The van der Waals surface area contributed by atoms with E-state index >= 15 is 0 Å². The Labute approximate surface area is 128 Å². The Morgan fingerprint density at radius 3 is 2.57 bits per heavy atom. The van der Waals surface area contributed by atoms with Crippen molar-refractivity contribution < 1.29 is 14.3 Å². The molecular weight excluding hydrogens is 309 g/mol. The summed E-state index contributed by atoms with van der Waals surface area (Å²) in [6.45, 7) is 0. The second kappa shape index (κ2) is 5.75. The second-order valence-electron chi connectivity index (χ2n) is 4.36. The molecule has 3 nitrogen and oxygen atoms in total. The maximum atomic E-state index is 13.0. The van der Waals surface area contributed by atoms with E-state index < -0.39 is 5.97 Å². The lowest BCUT2D eigenvalue weighted by molar-refractivity contribution is -0.304. The van der Waals surface area contributed by atoms with Crippen LogP contribution in [0.15, 0.2) is 41.1 Å². The van der Waals surface area contributed by atoms with Crippen molar-refractivity contribution in [3.05, 3.63) is 51.8 Å². The lowest BCUT2D eigenvalue weighted by atomic mass is 10.2. The molecule has 0 saturated carbocycles. The van der Waals surface area contributed by atoms with Crippen molar-refractivity contribution in [2.45, 2.75) is 6.42 Å². The van der Waals surface area contributed by atoms with Crippen LogP contribution in [-0.4, -0.2) is 11.0 Å². The molecule has 0 radical (unpaired) electrons. The first-order valence-electron chi connectivity index (χ1n) is 6.11. The van der Waals surface area contributed by atoms with Crippen LogP contribution in [0.4, 0.5) is 4.39 Å². The van der Waals surface area contributed by atoms with Crippen molar-refractivity contribution in [1.29, 1.82) is 0 Å². The summed E-state index contributed by atoms with van der Waals surface area (Å²) in [6.07, 6.45) is -0.177. The van der Waals surface area contributed by atoms with Gasteiger partial charge in [0.25, 0.3) is 0 Å². The summed E-state index contributed by atoms with van der Waals surface area (Å²) in [5.41, 5.74) is 2.31. The Morgan fingerprint density at radius 1 is 1.19 bits per heavy atom. The first-order valence-corrected chi connectivity index (χ1v) is 7.87. The number of benzene rings is 1. The van der Waals surface area contributed by atoms with Crippen LogP contribution in [0.1, 0.15) is 4.88 Å². The molecular formula is C15H9FNO2S2-. The van der Waals surface area contributed by atoms with Gasteiger partial charge < -0.3 is 9.90 Å². The van der Waals surface area contributed by atoms with Crippen molar-refractivity contribution in [1.82, 2.24) is 4.98 Å². The fourth-order valence-electron chi connectivity index (χ4n) is 1.94. The Hall–Kier alpha value is -2.05. The molecule has 0 spiro atoms. The summed E-state index contributed by atoms with van der Waals surface area (Å²) in [5.74, 6) is -1.45. The molecule has 0 N–H and O–H groups in total. The largest absolute Gasteiger partial charge is 0.550 e. The zero-order valence-corrected chi connectivity index (χ0v) is 12.3. The van der Waals surface area contributed by atoms with Gasteiger partial charge in [0.1, 0.15) is 10.8 Å². The molecule has 0 saturated heterocycles. The van der Waals surface area contributed by atoms with Gasteiger partial charge in [-0.2, -0.15) is 11.3 Å². The molecule has 0 unspecified atom stereocenters. The zero-order valence-electron chi connectivity index (χ0n) is 10.7. The molecule has 2 heterocycles. The smallest absolute Gasteiger partial charge is 0.124 e. The van der Waals surface area contributed by atoms with Crippen LogP contribution in [0.3, 0.4) is 0 Å². The molecule has 0 fully saturated rings. The molecule has 0 bridgehead atoms. The SMILES string of the molecule is O=C([O-])Cc1sc(-c2ccc(F)cc2)nc1-c1ccsc1. The van der Waals surface area contributed by atoms with Gasteiger partial charge in [0.15, 0.2) is 0 Å². The molecule has 3 rings (SSSR count). The minimum absolute atomic E-state index is 0.177. The Morgan fingerprint density at radius 2 is 1.95 bits per heavy atom. The Kier molecular flexibility index (Phi) is 3.81. The van der Waals surface area contributed by atoms with Crippen LogP contribution in [-0.2, 0) is 11.2 Å². The number of halogens is 1. The van der Waals surface area contributed by atoms with Crippen molar-refractivity contribution in [2.24, 2.45) is 0 Å². The first kappa shape index (κ1) is 13.9. The van der Waals surface area contributed by atoms with Crippen LogP contribution >= 0.6 is 22.7 Å². The summed E-state index contributed by atoms with van der Waals surface area (Å²) in [5, 5.41) is 15.4. The highest BCUT2D eigenvalue weighted by molar-refractivity contribution is 7.15. The number of hydrogen-bond donors (Lipinski definition) is 0. The molecule has 0 amide bonds. The van der Waals surface area contributed by atoms with E-state index in [-0.39, 0.29) is 12.2 Å². The summed E-state index contributed by atoms with van der Waals surface area (Å²) in [6, 6.07) is 7.88. The van der Waals surface area contributed by atoms with Crippen LogP contribution < -0.4 is 5.11 Å². The minimum Gasteiger partial charge on any atom is -0.550 e. The molecule has 1 aromatic carbocycles. The van der Waals surface area contributed by atoms with Gasteiger partial charge in [-0.05, 0) is 35.7 Å². The van der Waals surface area contributed by atoms with Gasteiger partial charge in [-0.25, -0.2) is 9.37 Å². The monoisotopic (exact) mass is 318 g/mol. The summed E-state index contributed by atoms with van der Waals surface area (Å²) in [7, 11) is 0. The van der Waals surface area contributed by atoms with Crippen molar-refractivity contribution >= 4 is 28.6 Å². The normalized spacial score (nSPS) is 10.7. The van der Waals surface area contributed by atoms with E-state index in [1.54, 1.807) is 12.1 Å². The number of nitrogens with zero attached hydrogens (tertiary/aromatic N) is 1. The predicted molar refractivity (Wildman–Crippen MR) is 79.5 cm³/mol. The number of aromatic nitrogens is 1. The minimum atomic E-state index is -1.14. The number of rotatable bonds is 4.